The molecule has 1 fully saturated rings. The highest BCUT2D eigenvalue weighted by atomic mass is 79.9. The van der Waals surface area contributed by atoms with Gasteiger partial charge < -0.3 is 14.1 Å². The summed E-state index contributed by atoms with van der Waals surface area (Å²) in [7, 11) is 0. The SMILES string of the molecule is O=C(c1coc2ccccc12)N1CCC(OCCBr)CC1. The lowest BCUT2D eigenvalue weighted by Gasteiger charge is -2.31. The minimum Gasteiger partial charge on any atom is -0.463 e. The predicted octanol–water partition coefficient (Wildman–Crippen LogP) is 3.45. The van der Waals surface area contributed by atoms with Crippen LogP contribution in [0.1, 0.15) is 23.2 Å². The first-order valence-corrected chi connectivity index (χ1v) is 8.35. The number of hydrogen-bond acceptors (Lipinski definition) is 3. The molecule has 1 saturated heterocycles. The number of hydrogen-bond donors (Lipinski definition) is 0. The number of alkyl halides is 1. The molecule has 3 rings (SSSR count). The Morgan fingerprint density at radius 2 is 2.10 bits per heavy atom. The van der Waals surface area contributed by atoms with Crippen LogP contribution in [-0.2, 0) is 4.74 Å². The highest BCUT2D eigenvalue weighted by Crippen LogP contribution is 2.24. The third-order valence-electron chi connectivity index (χ3n) is 3.87. The zero-order valence-electron chi connectivity index (χ0n) is 11.8. The van der Waals surface area contributed by atoms with E-state index in [1.807, 2.05) is 29.2 Å². The first kappa shape index (κ1) is 14.6. The maximum Gasteiger partial charge on any atom is 0.257 e. The molecular weight excluding hydrogens is 334 g/mol. The number of rotatable bonds is 4. The third kappa shape index (κ3) is 3.14. The molecule has 112 valence electrons. The Bertz CT molecular complexity index is 617. The molecule has 4 nitrogen and oxygen atoms in total. The summed E-state index contributed by atoms with van der Waals surface area (Å²) in [6.07, 6.45) is 3.64. The summed E-state index contributed by atoms with van der Waals surface area (Å²) in [5.41, 5.74) is 1.42. The van der Waals surface area contributed by atoms with Gasteiger partial charge in [-0.15, -0.1) is 0 Å². The Balaban J connectivity index is 1.67. The lowest BCUT2D eigenvalue weighted by Crippen LogP contribution is -2.41. The van der Waals surface area contributed by atoms with Gasteiger partial charge in [-0.25, -0.2) is 0 Å². The molecule has 0 unspecified atom stereocenters. The topological polar surface area (TPSA) is 42.7 Å². The molecule has 0 atom stereocenters. The molecule has 1 aliphatic heterocycles. The molecular formula is C16H18BrNO3. The van der Waals surface area contributed by atoms with Gasteiger partial charge in [0.15, 0.2) is 0 Å². The largest absolute Gasteiger partial charge is 0.463 e. The van der Waals surface area contributed by atoms with Crippen molar-refractivity contribution in [1.29, 1.82) is 0 Å². The van der Waals surface area contributed by atoms with Crippen LogP contribution in [0, 0.1) is 0 Å². The molecule has 0 aliphatic carbocycles. The maximum atomic E-state index is 12.6. The van der Waals surface area contributed by atoms with Crippen molar-refractivity contribution in [3.05, 3.63) is 36.1 Å². The summed E-state index contributed by atoms with van der Waals surface area (Å²) in [5, 5.41) is 1.74. The number of para-hydroxylation sites is 1. The van der Waals surface area contributed by atoms with Gasteiger partial charge in [-0.3, -0.25) is 4.79 Å². The Morgan fingerprint density at radius 3 is 2.86 bits per heavy atom. The summed E-state index contributed by atoms with van der Waals surface area (Å²) < 4.78 is 11.2. The van der Waals surface area contributed by atoms with Gasteiger partial charge in [0.25, 0.3) is 5.91 Å². The van der Waals surface area contributed by atoms with Gasteiger partial charge in [0.2, 0.25) is 0 Å². The van der Waals surface area contributed by atoms with Crippen LogP contribution in [0.2, 0.25) is 0 Å². The molecule has 1 amide bonds. The fourth-order valence-electron chi connectivity index (χ4n) is 2.75. The minimum absolute atomic E-state index is 0.0545. The number of ether oxygens (including phenoxy) is 1. The van der Waals surface area contributed by atoms with Crippen molar-refractivity contribution in [3.8, 4) is 0 Å². The van der Waals surface area contributed by atoms with Crippen molar-refractivity contribution in [3.63, 3.8) is 0 Å². The van der Waals surface area contributed by atoms with Crippen molar-refractivity contribution in [2.45, 2.75) is 18.9 Å². The van der Waals surface area contributed by atoms with E-state index < -0.39 is 0 Å². The summed E-state index contributed by atoms with van der Waals surface area (Å²) in [6.45, 7) is 2.21. The third-order valence-corrected chi connectivity index (χ3v) is 4.20. The highest BCUT2D eigenvalue weighted by molar-refractivity contribution is 9.09. The number of halogens is 1. The number of fused-ring (bicyclic) bond motifs is 1. The second-order valence-corrected chi connectivity index (χ2v) is 5.99. The van der Waals surface area contributed by atoms with Gasteiger partial charge in [0.1, 0.15) is 11.8 Å². The Morgan fingerprint density at radius 1 is 1.33 bits per heavy atom. The average Bonchev–Trinajstić information content (AvgIpc) is 2.97. The van der Waals surface area contributed by atoms with Crippen LogP contribution in [0.4, 0.5) is 0 Å². The molecule has 0 bridgehead atoms. The zero-order valence-corrected chi connectivity index (χ0v) is 13.3. The zero-order chi connectivity index (χ0) is 14.7. The van der Waals surface area contributed by atoms with Gasteiger partial charge in [0, 0.05) is 23.8 Å². The maximum absolute atomic E-state index is 12.6. The number of amides is 1. The summed E-state index contributed by atoms with van der Waals surface area (Å²) in [6, 6.07) is 7.65. The van der Waals surface area contributed by atoms with Crippen LogP contribution in [0.15, 0.2) is 34.9 Å². The Hall–Kier alpha value is -1.33. The molecule has 1 aliphatic rings. The molecule has 0 N–H and O–H groups in total. The lowest BCUT2D eigenvalue weighted by molar-refractivity contribution is 0.0160. The van der Waals surface area contributed by atoms with Gasteiger partial charge in [-0.05, 0) is 18.9 Å². The number of likely N-dealkylation sites (tertiary alicyclic amines) is 1. The van der Waals surface area contributed by atoms with Crippen molar-refractivity contribution in [2.75, 3.05) is 25.0 Å². The van der Waals surface area contributed by atoms with Crippen LogP contribution in [0.3, 0.4) is 0 Å². The number of carbonyl (C=O) groups excluding carboxylic acids is 1. The Labute approximate surface area is 132 Å². The Kier molecular flexibility index (Phi) is 4.60. The number of benzene rings is 1. The highest BCUT2D eigenvalue weighted by Gasteiger charge is 2.25. The van der Waals surface area contributed by atoms with Crippen LogP contribution >= 0.6 is 15.9 Å². The van der Waals surface area contributed by atoms with Crippen LogP contribution < -0.4 is 0 Å². The first-order valence-electron chi connectivity index (χ1n) is 7.22. The van der Waals surface area contributed by atoms with E-state index in [1.54, 1.807) is 6.26 Å². The minimum atomic E-state index is 0.0545. The second-order valence-electron chi connectivity index (χ2n) is 5.20. The normalized spacial score (nSPS) is 16.5. The lowest BCUT2D eigenvalue weighted by atomic mass is 10.1. The fraction of sp³-hybridized carbons (Fsp3) is 0.438. The molecule has 1 aromatic heterocycles. The fourth-order valence-corrected chi connectivity index (χ4v) is 2.94. The smallest absolute Gasteiger partial charge is 0.257 e. The first-order chi connectivity index (χ1) is 10.3. The summed E-state index contributed by atoms with van der Waals surface area (Å²) in [5.74, 6) is 0.0545. The van der Waals surface area contributed by atoms with E-state index >= 15 is 0 Å². The van der Waals surface area contributed by atoms with Crippen LogP contribution in [0.5, 0.6) is 0 Å². The van der Waals surface area contributed by atoms with E-state index in [1.165, 1.54) is 0 Å². The molecule has 2 heterocycles. The number of piperidine rings is 1. The molecule has 1 aromatic carbocycles. The standard InChI is InChI=1S/C16H18BrNO3/c17-7-10-20-12-5-8-18(9-6-12)16(19)14-11-21-15-4-2-1-3-13(14)15/h1-4,11-12H,5-10H2. The van der Waals surface area contributed by atoms with Crippen molar-refractivity contribution >= 4 is 32.8 Å². The van der Waals surface area contributed by atoms with E-state index in [2.05, 4.69) is 15.9 Å². The van der Waals surface area contributed by atoms with E-state index in [4.69, 9.17) is 9.15 Å². The average molecular weight is 352 g/mol. The van der Waals surface area contributed by atoms with Crippen LogP contribution in [-0.4, -0.2) is 41.9 Å². The van der Waals surface area contributed by atoms with Gasteiger partial charge >= 0.3 is 0 Å². The molecule has 0 saturated carbocycles. The predicted molar refractivity (Wildman–Crippen MR) is 84.9 cm³/mol. The number of nitrogens with zero attached hydrogens (tertiary/aromatic N) is 1. The van der Waals surface area contributed by atoms with Crippen molar-refractivity contribution in [1.82, 2.24) is 4.90 Å². The van der Waals surface area contributed by atoms with Crippen LogP contribution in [0.25, 0.3) is 11.0 Å². The molecule has 5 heteroatoms. The molecule has 21 heavy (non-hydrogen) atoms. The van der Waals surface area contributed by atoms with Gasteiger partial charge in [-0.1, -0.05) is 34.1 Å². The molecule has 0 radical (unpaired) electrons. The summed E-state index contributed by atoms with van der Waals surface area (Å²) >= 11 is 3.36. The number of furan rings is 1. The van der Waals surface area contributed by atoms with E-state index in [0.717, 1.165) is 48.8 Å². The molecule has 0 spiro atoms. The summed E-state index contributed by atoms with van der Waals surface area (Å²) in [4.78, 5) is 14.5. The second kappa shape index (κ2) is 6.62. The van der Waals surface area contributed by atoms with Gasteiger partial charge in [0.05, 0.1) is 18.3 Å². The van der Waals surface area contributed by atoms with Gasteiger partial charge in [-0.2, -0.15) is 0 Å². The van der Waals surface area contributed by atoms with Crippen molar-refractivity contribution in [2.24, 2.45) is 0 Å². The van der Waals surface area contributed by atoms with E-state index in [-0.39, 0.29) is 12.0 Å². The van der Waals surface area contributed by atoms with E-state index in [0.29, 0.717) is 5.56 Å². The van der Waals surface area contributed by atoms with E-state index in [9.17, 15) is 4.79 Å². The monoisotopic (exact) mass is 351 g/mol. The quantitative estimate of drug-likeness (QED) is 0.792. The van der Waals surface area contributed by atoms with Crippen molar-refractivity contribution < 1.29 is 13.9 Å². The number of carbonyl (C=O) groups is 1. The molecule has 2 aromatic rings.